The number of carbonyl (C=O) groups excluding carboxylic acids is 1. The fourth-order valence-electron chi connectivity index (χ4n) is 2.79. The minimum atomic E-state index is -0.517. The quantitative estimate of drug-likeness (QED) is 0.886. The minimum Gasteiger partial charge on any atom is -0.384 e. The predicted molar refractivity (Wildman–Crippen MR) is 80.9 cm³/mol. The van der Waals surface area contributed by atoms with Crippen molar-refractivity contribution in [2.24, 2.45) is 5.41 Å². The van der Waals surface area contributed by atoms with Crippen LogP contribution < -0.4 is 10.6 Å². The van der Waals surface area contributed by atoms with Crippen LogP contribution in [0.1, 0.15) is 24.0 Å². The summed E-state index contributed by atoms with van der Waals surface area (Å²) in [4.78, 5) is 12.7. The van der Waals surface area contributed by atoms with Crippen molar-refractivity contribution in [3.8, 4) is 6.07 Å². The van der Waals surface area contributed by atoms with Gasteiger partial charge in [0, 0.05) is 7.11 Å². The standard InChI is InChI=1S/C16H21N3O2/c1-12-4-3-5-14(13(12)10-17)19-15(20)16(11-21-2)6-8-18-9-7-16/h3-5,18H,6-9,11H2,1-2H3,(H,19,20). The summed E-state index contributed by atoms with van der Waals surface area (Å²) >= 11 is 0. The molecule has 0 aliphatic carbocycles. The zero-order chi connectivity index (χ0) is 15.3. The first kappa shape index (κ1) is 15.5. The van der Waals surface area contributed by atoms with Crippen LogP contribution in [0.3, 0.4) is 0 Å². The van der Waals surface area contributed by atoms with Crippen LogP contribution in [0.15, 0.2) is 18.2 Å². The van der Waals surface area contributed by atoms with Gasteiger partial charge in [-0.05, 0) is 44.5 Å². The topological polar surface area (TPSA) is 74.1 Å². The van der Waals surface area contributed by atoms with Gasteiger partial charge in [0.25, 0.3) is 0 Å². The molecule has 0 radical (unpaired) electrons. The van der Waals surface area contributed by atoms with E-state index in [2.05, 4.69) is 16.7 Å². The lowest BCUT2D eigenvalue weighted by Gasteiger charge is -2.35. The van der Waals surface area contributed by atoms with Gasteiger partial charge < -0.3 is 15.4 Å². The fourth-order valence-corrected chi connectivity index (χ4v) is 2.79. The summed E-state index contributed by atoms with van der Waals surface area (Å²) in [5.74, 6) is -0.0621. The van der Waals surface area contributed by atoms with E-state index in [9.17, 15) is 10.1 Å². The molecule has 0 aromatic heterocycles. The van der Waals surface area contributed by atoms with Gasteiger partial charge in [0.1, 0.15) is 6.07 Å². The first-order valence-electron chi connectivity index (χ1n) is 7.14. The molecule has 0 bridgehead atoms. The van der Waals surface area contributed by atoms with Crippen LogP contribution in [-0.4, -0.2) is 32.7 Å². The molecule has 0 unspecified atom stereocenters. The Kier molecular flexibility index (Phi) is 4.94. The molecule has 112 valence electrons. The number of aryl methyl sites for hydroxylation is 1. The zero-order valence-corrected chi connectivity index (χ0v) is 12.5. The van der Waals surface area contributed by atoms with Crippen molar-refractivity contribution in [2.45, 2.75) is 19.8 Å². The lowest BCUT2D eigenvalue weighted by Crippen LogP contribution is -2.47. The monoisotopic (exact) mass is 287 g/mol. The molecule has 21 heavy (non-hydrogen) atoms. The molecule has 1 aliphatic rings. The van der Waals surface area contributed by atoms with E-state index in [4.69, 9.17) is 4.74 Å². The fraction of sp³-hybridized carbons (Fsp3) is 0.500. The van der Waals surface area contributed by atoms with Crippen molar-refractivity contribution in [1.82, 2.24) is 5.32 Å². The van der Waals surface area contributed by atoms with Crippen LogP contribution in [-0.2, 0) is 9.53 Å². The summed E-state index contributed by atoms with van der Waals surface area (Å²) in [7, 11) is 1.62. The van der Waals surface area contributed by atoms with E-state index in [1.807, 2.05) is 19.1 Å². The third kappa shape index (κ3) is 3.23. The van der Waals surface area contributed by atoms with E-state index < -0.39 is 5.41 Å². The maximum absolute atomic E-state index is 12.7. The molecule has 5 heteroatoms. The molecule has 1 amide bonds. The summed E-state index contributed by atoms with van der Waals surface area (Å²) < 4.78 is 5.27. The van der Waals surface area contributed by atoms with Crippen LogP contribution >= 0.6 is 0 Å². The highest BCUT2D eigenvalue weighted by atomic mass is 16.5. The van der Waals surface area contributed by atoms with Gasteiger partial charge in [-0.1, -0.05) is 12.1 Å². The Bertz CT molecular complexity index is 552. The Hall–Kier alpha value is -1.90. The number of nitrogens with one attached hydrogen (secondary N) is 2. The van der Waals surface area contributed by atoms with Crippen molar-refractivity contribution in [3.05, 3.63) is 29.3 Å². The SMILES string of the molecule is COCC1(C(=O)Nc2cccc(C)c2C#N)CCNCC1. The highest BCUT2D eigenvalue weighted by molar-refractivity contribution is 5.96. The van der Waals surface area contributed by atoms with Crippen molar-refractivity contribution in [3.63, 3.8) is 0 Å². The number of carbonyl (C=O) groups is 1. The number of hydrogen-bond donors (Lipinski definition) is 2. The summed E-state index contributed by atoms with van der Waals surface area (Å²) in [6.45, 7) is 3.86. The molecule has 0 spiro atoms. The molecule has 1 aromatic carbocycles. The number of nitrogens with zero attached hydrogens (tertiary/aromatic N) is 1. The Morgan fingerprint density at radius 2 is 2.19 bits per heavy atom. The number of anilines is 1. The molecule has 0 atom stereocenters. The second-order valence-electron chi connectivity index (χ2n) is 5.53. The molecule has 1 fully saturated rings. The van der Waals surface area contributed by atoms with Crippen LogP contribution in [0, 0.1) is 23.7 Å². The number of methoxy groups -OCH3 is 1. The van der Waals surface area contributed by atoms with E-state index in [0.717, 1.165) is 31.5 Å². The molecular formula is C16H21N3O2. The number of ether oxygens (including phenoxy) is 1. The molecule has 1 heterocycles. The van der Waals surface area contributed by atoms with Crippen LogP contribution in [0.2, 0.25) is 0 Å². The molecule has 0 saturated carbocycles. The molecule has 1 saturated heterocycles. The Morgan fingerprint density at radius 3 is 2.81 bits per heavy atom. The molecule has 2 rings (SSSR count). The van der Waals surface area contributed by atoms with Gasteiger partial charge in [0.05, 0.1) is 23.3 Å². The first-order chi connectivity index (χ1) is 10.1. The number of piperidine rings is 1. The lowest BCUT2D eigenvalue weighted by atomic mass is 9.78. The van der Waals surface area contributed by atoms with E-state index >= 15 is 0 Å². The van der Waals surface area contributed by atoms with Crippen molar-refractivity contribution >= 4 is 11.6 Å². The predicted octanol–water partition coefficient (Wildman–Crippen LogP) is 1.82. The molecule has 2 N–H and O–H groups in total. The maximum Gasteiger partial charge on any atom is 0.233 e. The van der Waals surface area contributed by atoms with Crippen molar-refractivity contribution in [2.75, 3.05) is 32.1 Å². The number of amides is 1. The average Bonchev–Trinajstić information content (AvgIpc) is 2.49. The van der Waals surface area contributed by atoms with Gasteiger partial charge in [-0.15, -0.1) is 0 Å². The zero-order valence-electron chi connectivity index (χ0n) is 12.5. The molecule has 1 aliphatic heterocycles. The number of benzene rings is 1. The summed E-state index contributed by atoms with van der Waals surface area (Å²) in [6.07, 6.45) is 1.47. The van der Waals surface area contributed by atoms with Crippen molar-refractivity contribution < 1.29 is 9.53 Å². The Balaban J connectivity index is 2.24. The second-order valence-corrected chi connectivity index (χ2v) is 5.53. The number of nitriles is 1. The van der Waals surface area contributed by atoms with E-state index in [0.29, 0.717) is 17.9 Å². The highest BCUT2D eigenvalue weighted by Gasteiger charge is 2.39. The van der Waals surface area contributed by atoms with E-state index in [1.54, 1.807) is 13.2 Å². The van der Waals surface area contributed by atoms with Crippen LogP contribution in [0.5, 0.6) is 0 Å². The maximum atomic E-state index is 12.7. The first-order valence-corrected chi connectivity index (χ1v) is 7.14. The largest absolute Gasteiger partial charge is 0.384 e. The van der Waals surface area contributed by atoms with Gasteiger partial charge in [0.2, 0.25) is 5.91 Å². The Morgan fingerprint density at radius 1 is 1.48 bits per heavy atom. The van der Waals surface area contributed by atoms with Gasteiger partial charge in [-0.25, -0.2) is 0 Å². The lowest BCUT2D eigenvalue weighted by molar-refractivity contribution is -0.130. The summed E-state index contributed by atoms with van der Waals surface area (Å²) in [5, 5.41) is 15.4. The average molecular weight is 287 g/mol. The molecule has 1 aromatic rings. The third-order valence-corrected chi connectivity index (χ3v) is 4.10. The molecular weight excluding hydrogens is 266 g/mol. The third-order valence-electron chi connectivity index (χ3n) is 4.10. The second kappa shape index (κ2) is 6.70. The van der Waals surface area contributed by atoms with Gasteiger partial charge in [0.15, 0.2) is 0 Å². The smallest absolute Gasteiger partial charge is 0.233 e. The Labute approximate surface area is 125 Å². The van der Waals surface area contributed by atoms with Crippen LogP contribution in [0.25, 0.3) is 0 Å². The normalized spacial score (nSPS) is 17.0. The van der Waals surface area contributed by atoms with Crippen LogP contribution in [0.4, 0.5) is 5.69 Å². The van der Waals surface area contributed by atoms with Gasteiger partial charge in [-0.2, -0.15) is 5.26 Å². The minimum absolute atomic E-state index is 0.0621. The van der Waals surface area contributed by atoms with Crippen molar-refractivity contribution in [1.29, 1.82) is 5.26 Å². The summed E-state index contributed by atoms with van der Waals surface area (Å²) in [5.41, 5.74) is 1.45. The molecule has 5 nitrogen and oxygen atoms in total. The highest BCUT2D eigenvalue weighted by Crippen LogP contribution is 2.31. The van der Waals surface area contributed by atoms with E-state index in [-0.39, 0.29) is 5.91 Å². The van der Waals surface area contributed by atoms with Gasteiger partial charge >= 0.3 is 0 Å². The van der Waals surface area contributed by atoms with Gasteiger partial charge in [-0.3, -0.25) is 4.79 Å². The number of hydrogen-bond acceptors (Lipinski definition) is 4. The van der Waals surface area contributed by atoms with E-state index in [1.165, 1.54) is 0 Å². The number of rotatable bonds is 4. The summed E-state index contributed by atoms with van der Waals surface area (Å²) in [6, 6.07) is 7.64.